The van der Waals surface area contributed by atoms with Gasteiger partial charge < -0.3 is 15.5 Å². The average molecular weight is 544 g/mol. The van der Waals surface area contributed by atoms with Gasteiger partial charge in [-0.1, -0.05) is 48.0 Å². The van der Waals surface area contributed by atoms with Gasteiger partial charge in [-0.2, -0.15) is 0 Å². The van der Waals surface area contributed by atoms with Crippen LogP contribution in [0.5, 0.6) is 0 Å². The summed E-state index contributed by atoms with van der Waals surface area (Å²) in [6.07, 6.45) is 0. The third-order valence-corrected chi connectivity index (χ3v) is 7.67. The minimum Gasteiger partial charge on any atom is -0.354 e. The summed E-state index contributed by atoms with van der Waals surface area (Å²) in [5.74, 6) is -0.117. The van der Waals surface area contributed by atoms with E-state index in [1.165, 1.54) is 0 Å². The number of amides is 2. The van der Waals surface area contributed by atoms with Crippen molar-refractivity contribution >= 4 is 51.7 Å². The van der Waals surface area contributed by atoms with Gasteiger partial charge in [0.05, 0.1) is 23.5 Å². The maximum absolute atomic E-state index is 13.1. The van der Waals surface area contributed by atoms with Crippen molar-refractivity contribution < 1.29 is 9.59 Å². The molecular formula is C31H34ClN5O2. The highest BCUT2D eigenvalue weighted by Gasteiger charge is 2.29. The molecule has 202 valence electrons. The van der Waals surface area contributed by atoms with Crippen molar-refractivity contribution in [3.63, 3.8) is 0 Å². The zero-order valence-corrected chi connectivity index (χ0v) is 23.3. The number of benzene rings is 3. The molecule has 2 aliphatic rings. The summed E-state index contributed by atoms with van der Waals surface area (Å²) in [5, 5.41) is 6.96. The largest absolute Gasteiger partial charge is 0.354 e. The van der Waals surface area contributed by atoms with Crippen LogP contribution in [0.3, 0.4) is 0 Å². The molecule has 2 amide bonds. The molecule has 0 aromatic heterocycles. The van der Waals surface area contributed by atoms with E-state index >= 15 is 0 Å². The van der Waals surface area contributed by atoms with Crippen molar-refractivity contribution in [3.05, 3.63) is 88.9 Å². The molecule has 39 heavy (non-hydrogen) atoms. The zero-order valence-electron chi connectivity index (χ0n) is 22.6. The second kappa shape index (κ2) is 11.6. The van der Waals surface area contributed by atoms with Gasteiger partial charge in [0.15, 0.2) is 0 Å². The monoisotopic (exact) mass is 543 g/mol. The molecule has 2 N–H and O–H groups in total. The summed E-state index contributed by atoms with van der Waals surface area (Å²) in [6.45, 7) is 8.62. The Kier molecular flexibility index (Phi) is 8.02. The maximum atomic E-state index is 13.1. The van der Waals surface area contributed by atoms with Crippen LogP contribution < -0.4 is 15.5 Å². The van der Waals surface area contributed by atoms with E-state index < -0.39 is 0 Å². The van der Waals surface area contributed by atoms with E-state index in [9.17, 15) is 9.59 Å². The Morgan fingerprint density at radius 1 is 1.00 bits per heavy atom. The Hall–Kier alpha value is -3.65. The number of carbonyl (C=O) groups is 2. The number of rotatable bonds is 7. The minimum absolute atomic E-state index is 0.0682. The van der Waals surface area contributed by atoms with Gasteiger partial charge in [0, 0.05) is 61.2 Å². The number of carbonyl (C=O) groups excluding carboxylic acids is 2. The smallest absolute Gasteiger partial charge is 0.258 e. The number of halogens is 1. The molecule has 2 heterocycles. The average Bonchev–Trinajstić information content (AvgIpc) is 3.26. The van der Waals surface area contributed by atoms with Gasteiger partial charge in [0.2, 0.25) is 5.91 Å². The van der Waals surface area contributed by atoms with Crippen LogP contribution >= 0.6 is 11.6 Å². The molecule has 3 aromatic carbocycles. The Labute approximate surface area is 235 Å². The quantitative estimate of drug-likeness (QED) is 0.398. The molecule has 8 heteroatoms. The van der Waals surface area contributed by atoms with Crippen LogP contribution in [-0.2, 0) is 9.59 Å². The van der Waals surface area contributed by atoms with Gasteiger partial charge in [-0.3, -0.25) is 19.4 Å². The predicted molar refractivity (Wildman–Crippen MR) is 160 cm³/mol. The third-order valence-electron chi connectivity index (χ3n) is 7.43. The van der Waals surface area contributed by atoms with Crippen molar-refractivity contribution in [3.8, 4) is 0 Å². The lowest BCUT2D eigenvalue weighted by Crippen LogP contribution is -2.51. The first-order valence-corrected chi connectivity index (χ1v) is 13.7. The molecule has 0 bridgehead atoms. The molecule has 1 saturated heterocycles. The fourth-order valence-corrected chi connectivity index (χ4v) is 5.24. The van der Waals surface area contributed by atoms with E-state index in [1.54, 1.807) is 17.0 Å². The number of fused-ring (bicyclic) bond motifs is 1. The molecule has 7 nitrogen and oxygen atoms in total. The molecule has 3 aromatic rings. The van der Waals surface area contributed by atoms with Crippen LogP contribution in [0, 0.1) is 0 Å². The van der Waals surface area contributed by atoms with E-state index in [2.05, 4.69) is 34.3 Å². The van der Waals surface area contributed by atoms with E-state index in [0.717, 1.165) is 48.7 Å². The third kappa shape index (κ3) is 6.01. The van der Waals surface area contributed by atoms with Crippen molar-refractivity contribution in [1.29, 1.82) is 0 Å². The second-order valence-corrected chi connectivity index (χ2v) is 10.7. The van der Waals surface area contributed by atoms with Crippen molar-refractivity contribution in [2.24, 2.45) is 0 Å². The lowest BCUT2D eigenvalue weighted by Gasteiger charge is -2.37. The minimum atomic E-state index is -0.185. The number of anilines is 3. The molecule has 0 saturated carbocycles. The van der Waals surface area contributed by atoms with Crippen LogP contribution in [-0.4, -0.2) is 67.4 Å². The normalized spacial score (nSPS) is 17.1. The fraction of sp³-hybridized carbons (Fsp3) is 0.290. The number of hydrogen-bond acceptors (Lipinski definition) is 5. The number of piperazine rings is 1. The second-order valence-electron chi connectivity index (χ2n) is 10.3. The molecule has 2 aliphatic heterocycles. The number of hydrogen-bond donors (Lipinski definition) is 2. The Morgan fingerprint density at radius 2 is 1.69 bits per heavy atom. The highest BCUT2D eigenvalue weighted by atomic mass is 35.5. The van der Waals surface area contributed by atoms with E-state index in [0.29, 0.717) is 34.6 Å². The van der Waals surface area contributed by atoms with Crippen molar-refractivity contribution in [2.45, 2.75) is 19.9 Å². The van der Waals surface area contributed by atoms with E-state index in [1.807, 2.05) is 67.7 Å². The summed E-state index contributed by atoms with van der Waals surface area (Å²) in [7, 11) is 1.82. The summed E-state index contributed by atoms with van der Waals surface area (Å²) >= 11 is 6.16. The van der Waals surface area contributed by atoms with Gasteiger partial charge in [-0.25, -0.2) is 0 Å². The van der Waals surface area contributed by atoms with Crippen LogP contribution in [0.4, 0.5) is 17.1 Å². The fourth-order valence-electron chi connectivity index (χ4n) is 5.07. The van der Waals surface area contributed by atoms with Crippen LogP contribution in [0.1, 0.15) is 25.0 Å². The number of nitrogens with zero attached hydrogens (tertiary/aromatic N) is 3. The number of nitrogens with one attached hydrogen (secondary N) is 2. The van der Waals surface area contributed by atoms with Crippen LogP contribution in [0.25, 0.3) is 11.3 Å². The maximum Gasteiger partial charge on any atom is 0.258 e. The Morgan fingerprint density at radius 3 is 2.36 bits per heavy atom. The molecule has 5 rings (SSSR count). The highest BCUT2D eigenvalue weighted by molar-refractivity contribution is 6.38. The zero-order chi connectivity index (χ0) is 27.5. The first-order valence-electron chi connectivity index (χ1n) is 13.3. The molecule has 1 fully saturated rings. The molecule has 0 atom stereocenters. The summed E-state index contributed by atoms with van der Waals surface area (Å²) in [6, 6.07) is 23.4. The topological polar surface area (TPSA) is 67.9 Å². The lowest BCUT2D eigenvalue weighted by atomic mass is 10.00. The van der Waals surface area contributed by atoms with Crippen LogP contribution in [0.2, 0.25) is 5.02 Å². The first-order chi connectivity index (χ1) is 18.8. The summed E-state index contributed by atoms with van der Waals surface area (Å²) < 4.78 is 0. The summed E-state index contributed by atoms with van der Waals surface area (Å²) in [4.78, 5) is 32.5. The van der Waals surface area contributed by atoms with Gasteiger partial charge in [-0.05, 0) is 55.8 Å². The standard InChI is InChI=1S/C31H34ClN5O2/c1-21(2)37-17-15-36(16-18-37)20-28(38)35(3)25-12-10-24(11-13-25)33-30(22-7-5-4-6-8-22)29-26-14-9-23(32)19-27(26)34-31(29)39/h4-14,19,21,33H,15-18,20H2,1-3H3,(H,34,39). The van der Waals surface area contributed by atoms with Gasteiger partial charge in [0.1, 0.15) is 0 Å². The summed E-state index contributed by atoms with van der Waals surface area (Å²) in [5.41, 5.74) is 5.27. The molecule has 0 spiro atoms. The van der Waals surface area contributed by atoms with Gasteiger partial charge >= 0.3 is 0 Å². The Balaban J connectivity index is 1.33. The highest BCUT2D eigenvalue weighted by Crippen LogP contribution is 2.38. The molecule has 0 radical (unpaired) electrons. The van der Waals surface area contributed by atoms with E-state index in [-0.39, 0.29) is 11.8 Å². The van der Waals surface area contributed by atoms with Crippen molar-refractivity contribution in [2.75, 3.05) is 55.3 Å². The van der Waals surface area contributed by atoms with Crippen molar-refractivity contribution in [1.82, 2.24) is 9.80 Å². The number of likely N-dealkylation sites (N-methyl/N-ethyl adjacent to an activating group) is 1. The molecule has 0 unspecified atom stereocenters. The van der Waals surface area contributed by atoms with E-state index in [4.69, 9.17) is 11.6 Å². The predicted octanol–water partition coefficient (Wildman–Crippen LogP) is 5.26. The SMILES string of the molecule is CC(C)N1CCN(CC(=O)N(C)c2ccc(NC(=C3C(=O)Nc4cc(Cl)ccc43)c3ccccc3)cc2)CC1. The Bertz CT molecular complexity index is 1380. The van der Waals surface area contributed by atoms with Gasteiger partial charge in [0.25, 0.3) is 5.91 Å². The first kappa shape index (κ1) is 26.9. The molecule has 0 aliphatic carbocycles. The van der Waals surface area contributed by atoms with Crippen LogP contribution in [0.15, 0.2) is 72.8 Å². The molecular weight excluding hydrogens is 510 g/mol. The van der Waals surface area contributed by atoms with Gasteiger partial charge in [-0.15, -0.1) is 0 Å². The lowest BCUT2D eigenvalue weighted by molar-refractivity contribution is -0.120.